The Morgan fingerprint density at radius 2 is 2.08 bits per heavy atom. The molecule has 1 rings (SSSR count). The Kier molecular flexibility index (Phi) is 2.96. The minimum Gasteiger partial charge on any atom is -0.237 e. The van der Waals surface area contributed by atoms with Crippen LogP contribution in [0, 0.1) is 6.57 Å². The van der Waals surface area contributed by atoms with Crippen molar-refractivity contribution in [3.8, 4) is 0 Å². The lowest BCUT2D eigenvalue weighted by molar-refractivity contribution is 0.610. The Morgan fingerprint density at radius 1 is 1.46 bits per heavy atom. The fourth-order valence-corrected chi connectivity index (χ4v) is 2.11. The smallest absolute Gasteiger partial charge is 0.237 e. The second kappa shape index (κ2) is 3.66. The SMILES string of the molecule is [C-]#[N+]c1cc(Br)ccc1S(=O)(=O)Cl. The molecule has 0 amide bonds. The summed E-state index contributed by atoms with van der Waals surface area (Å²) in [6.07, 6.45) is 0. The molecule has 0 unspecified atom stereocenters. The van der Waals surface area contributed by atoms with Crippen LogP contribution in [0.15, 0.2) is 27.6 Å². The monoisotopic (exact) mass is 279 g/mol. The molecule has 0 saturated carbocycles. The lowest BCUT2D eigenvalue weighted by Crippen LogP contribution is -1.89. The highest BCUT2D eigenvalue weighted by Crippen LogP contribution is 2.29. The summed E-state index contributed by atoms with van der Waals surface area (Å²) in [7, 11) is 1.28. The normalized spacial score (nSPS) is 10.8. The summed E-state index contributed by atoms with van der Waals surface area (Å²) in [5, 5.41) is 0. The van der Waals surface area contributed by atoms with E-state index in [4.69, 9.17) is 17.3 Å². The van der Waals surface area contributed by atoms with Crippen LogP contribution in [-0.2, 0) is 9.05 Å². The molecule has 0 aromatic heterocycles. The molecule has 3 nitrogen and oxygen atoms in total. The third-order valence-corrected chi connectivity index (χ3v) is 3.17. The summed E-state index contributed by atoms with van der Waals surface area (Å²) in [5.74, 6) is 0. The zero-order valence-corrected chi connectivity index (χ0v) is 9.32. The number of hydrogen-bond donors (Lipinski definition) is 0. The highest BCUT2D eigenvalue weighted by Gasteiger charge is 2.15. The second-order valence-electron chi connectivity index (χ2n) is 2.16. The van der Waals surface area contributed by atoms with E-state index >= 15 is 0 Å². The quantitative estimate of drug-likeness (QED) is 0.586. The molecule has 0 spiro atoms. The van der Waals surface area contributed by atoms with E-state index in [0.29, 0.717) is 4.47 Å². The Morgan fingerprint density at radius 3 is 2.54 bits per heavy atom. The van der Waals surface area contributed by atoms with Gasteiger partial charge in [0.1, 0.15) is 0 Å². The van der Waals surface area contributed by atoms with Crippen molar-refractivity contribution >= 4 is 41.4 Å². The lowest BCUT2D eigenvalue weighted by atomic mass is 10.3. The average molecular weight is 281 g/mol. The van der Waals surface area contributed by atoms with E-state index in [1.54, 1.807) is 0 Å². The van der Waals surface area contributed by atoms with Crippen LogP contribution in [0.5, 0.6) is 0 Å². The predicted molar refractivity (Wildman–Crippen MR) is 53.4 cm³/mol. The minimum atomic E-state index is -3.82. The van der Waals surface area contributed by atoms with E-state index in [1.165, 1.54) is 18.2 Å². The molecule has 1 aromatic rings. The maximum Gasteiger partial charge on any atom is 0.251 e. The third-order valence-electron chi connectivity index (χ3n) is 1.30. The Bertz CT molecular complexity index is 478. The zero-order chi connectivity index (χ0) is 10.1. The Balaban J connectivity index is 3.50. The van der Waals surface area contributed by atoms with Gasteiger partial charge in [-0.25, -0.2) is 13.3 Å². The minimum absolute atomic E-state index is 0.0179. The zero-order valence-electron chi connectivity index (χ0n) is 6.16. The molecule has 0 heterocycles. The van der Waals surface area contributed by atoms with Crippen molar-refractivity contribution in [2.45, 2.75) is 4.90 Å². The summed E-state index contributed by atoms with van der Waals surface area (Å²) >= 11 is 3.12. The standard InChI is InChI=1S/C7H3BrClNO2S/c1-10-6-4-5(8)2-3-7(6)13(9,11)12/h2-4H. The van der Waals surface area contributed by atoms with Gasteiger partial charge in [0.25, 0.3) is 9.05 Å². The average Bonchev–Trinajstić information content (AvgIpc) is 2.01. The second-order valence-corrected chi connectivity index (χ2v) is 5.61. The third kappa shape index (κ3) is 2.44. The molecule has 0 aliphatic carbocycles. The molecule has 6 heteroatoms. The summed E-state index contributed by atoms with van der Waals surface area (Å²) in [6.45, 7) is 6.74. The fraction of sp³-hybridized carbons (Fsp3) is 0. The molecule has 0 atom stereocenters. The van der Waals surface area contributed by atoms with Crippen molar-refractivity contribution in [2.24, 2.45) is 0 Å². The van der Waals surface area contributed by atoms with Gasteiger partial charge in [-0.1, -0.05) is 22.0 Å². The first-order valence-corrected chi connectivity index (χ1v) is 6.17. The predicted octanol–water partition coefficient (Wildman–Crippen LogP) is 2.93. The molecule has 0 radical (unpaired) electrons. The van der Waals surface area contributed by atoms with Crippen LogP contribution in [0.3, 0.4) is 0 Å². The molecule has 0 bridgehead atoms. The van der Waals surface area contributed by atoms with Gasteiger partial charge in [0.05, 0.1) is 11.5 Å². The van der Waals surface area contributed by atoms with Crippen LogP contribution in [0.4, 0.5) is 5.69 Å². The molecule has 13 heavy (non-hydrogen) atoms. The van der Waals surface area contributed by atoms with Crippen molar-refractivity contribution in [3.05, 3.63) is 34.1 Å². The molecule has 0 fully saturated rings. The maximum atomic E-state index is 10.9. The lowest BCUT2D eigenvalue weighted by Gasteiger charge is -1.99. The molecule has 1 aromatic carbocycles. The van der Waals surface area contributed by atoms with Crippen LogP contribution in [0.1, 0.15) is 0 Å². The molecular weight excluding hydrogens is 278 g/mol. The number of rotatable bonds is 1. The van der Waals surface area contributed by atoms with Crippen molar-refractivity contribution in [2.75, 3.05) is 0 Å². The van der Waals surface area contributed by atoms with E-state index in [2.05, 4.69) is 20.8 Å². The van der Waals surface area contributed by atoms with Gasteiger partial charge < -0.3 is 0 Å². The molecule has 0 aliphatic heterocycles. The van der Waals surface area contributed by atoms with E-state index in [1.807, 2.05) is 0 Å². The van der Waals surface area contributed by atoms with Crippen LogP contribution in [0.2, 0.25) is 0 Å². The van der Waals surface area contributed by atoms with Crippen LogP contribution in [0.25, 0.3) is 4.85 Å². The number of hydrogen-bond acceptors (Lipinski definition) is 2. The van der Waals surface area contributed by atoms with Gasteiger partial charge >= 0.3 is 0 Å². The first-order valence-electron chi connectivity index (χ1n) is 3.07. The van der Waals surface area contributed by atoms with Crippen LogP contribution < -0.4 is 0 Å². The molecule has 0 N–H and O–H groups in total. The summed E-state index contributed by atoms with van der Waals surface area (Å²) < 4.78 is 22.5. The van der Waals surface area contributed by atoms with E-state index < -0.39 is 9.05 Å². The van der Waals surface area contributed by atoms with Gasteiger partial charge in [0, 0.05) is 15.2 Å². The van der Waals surface area contributed by atoms with Gasteiger partial charge in [-0.2, -0.15) is 0 Å². The van der Waals surface area contributed by atoms with Gasteiger partial charge in [-0.15, -0.1) is 0 Å². The topological polar surface area (TPSA) is 38.5 Å². The van der Waals surface area contributed by atoms with Crippen molar-refractivity contribution in [1.82, 2.24) is 0 Å². The van der Waals surface area contributed by atoms with E-state index in [9.17, 15) is 8.42 Å². The Hall–Kier alpha value is -0.570. The molecule has 0 aliphatic rings. The van der Waals surface area contributed by atoms with Crippen LogP contribution in [-0.4, -0.2) is 8.42 Å². The van der Waals surface area contributed by atoms with Crippen molar-refractivity contribution < 1.29 is 8.42 Å². The van der Waals surface area contributed by atoms with Gasteiger partial charge in [-0.3, -0.25) is 0 Å². The highest BCUT2D eigenvalue weighted by atomic mass is 79.9. The largest absolute Gasteiger partial charge is 0.251 e. The first-order chi connectivity index (χ1) is 5.95. The summed E-state index contributed by atoms with van der Waals surface area (Å²) in [4.78, 5) is 2.89. The van der Waals surface area contributed by atoms with Gasteiger partial charge in [0.15, 0.2) is 0 Å². The van der Waals surface area contributed by atoms with Crippen LogP contribution >= 0.6 is 26.6 Å². The van der Waals surface area contributed by atoms with Crippen molar-refractivity contribution in [1.29, 1.82) is 0 Å². The van der Waals surface area contributed by atoms with Gasteiger partial charge in [0.2, 0.25) is 5.69 Å². The molecule has 0 saturated heterocycles. The summed E-state index contributed by atoms with van der Waals surface area (Å²) in [5.41, 5.74) is 0.0179. The number of nitrogens with zero attached hydrogens (tertiary/aromatic N) is 1. The number of benzene rings is 1. The fourth-order valence-electron chi connectivity index (χ4n) is 0.784. The maximum absolute atomic E-state index is 10.9. The highest BCUT2D eigenvalue weighted by molar-refractivity contribution is 9.10. The summed E-state index contributed by atoms with van der Waals surface area (Å²) in [6, 6.07) is 4.21. The van der Waals surface area contributed by atoms with Gasteiger partial charge in [-0.05, 0) is 12.1 Å². The first kappa shape index (κ1) is 10.5. The number of halogens is 2. The Labute approximate surface area is 88.7 Å². The molecule has 68 valence electrons. The van der Waals surface area contributed by atoms with Crippen molar-refractivity contribution in [3.63, 3.8) is 0 Å². The van der Waals surface area contributed by atoms with E-state index in [0.717, 1.165) is 0 Å². The van der Waals surface area contributed by atoms with E-state index in [-0.39, 0.29) is 10.6 Å². The molecular formula is C7H3BrClNO2S.